The molecule has 0 bridgehead atoms. The predicted octanol–water partition coefficient (Wildman–Crippen LogP) is 5.08. The summed E-state index contributed by atoms with van der Waals surface area (Å²) in [6.07, 6.45) is 1.52. The van der Waals surface area contributed by atoms with Gasteiger partial charge in [0.1, 0.15) is 27.8 Å². The maximum atomic E-state index is 13.4. The lowest BCUT2D eigenvalue weighted by Gasteiger charge is -2.36. The van der Waals surface area contributed by atoms with E-state index in [1.807, 2.05) is 10.3 Å². The first-order chi connectivity index (χ1) is 16.1. The largest absolute Gasteiger partial charge is 0.368 e. The molecule has 0 saturated carbocycles. The molecule has 0 radical (unpaired) electrons. The highest BCUT2D eigenvalue weighted by molar-refractivity contribution is 8.00. The van der Waals surface area contributed by atoms with Crippen LogP contribution in [0.1, 0.15) is 0 Å². The molecule has 33 heavy (non-hydrogen) atoms. The van der Waals surface area contributed by atoms with E-state index >= 15 is 0 Å². The van der Waals surface area contributed by atoms with Crippen LogP contribution >= 0.6 is 23.1 Å². The summed E-state index contributed by atoms with van der Waals surface area (Å²) in [5.41, 5.74) is 2.80. The number of hydrogen-bond donors (Lipinski definition) is 0. The molecule has 1 saturated heterocycles. The average Bonchev–Trinajstić information content (AvgIpc) is 3.28. The van der Waals surface area contributed by atoms with Crippen molar-refractivity contribution in [3.8, 4) is 11.1 Å². The van der Waals surface area contributed by atoms with Gasteiger partial charge in [-0.15, -0.1) is 11.3 Å². The summed E-state index contributed by atoms with van der Waals surface area (Å²) in [6.45, 7) is 2.66. The summed E-state index contributed by atoms with van der Waals surface area (Å²) in [5, 5.41) is 3.64. The minimum absolute atomic E-state index is 0.0593. The molecule has 5 rings (SSSR count). The lowest BCUT2D eigenvalue weighted by Crippen LogP contribution is -2.49. The third kappa shape index (κ3) is 4.69. The average molecular weight is 483 g/mol. The van der Waals surface area contributed by atoms with Crippen LogP contribution in [0, 0.1) is 11.6 Å². The molecule has 3 heterocycles. The molecule has 4 aromatic rings. The van der Waals surface area contributed by atoms with Crippen LogP contribution in [0.4, 0.5) is 14.5 Å². The number of rotatable bonds is 5. The molecule has 1 amide bonds. The Bertz CT molecular complexity index is 1270. The van der Waals surface area contributed by atoms with Crippen LogP contribution < -0.4 is 4.90 Å². The highest BCUT2D eigenvalue weighted by atomic mass is 32.2. The third-order valence-electron chi connectivity index (χ3n) is 5.65. The number of fused-ring (bicyclic) bond motifs is 1. The van der Waals surface area contributed by atoms with Crippen molar-refractivity contribution in [3.63, 3.8) is 0 Å². The Labute approximate surface area is 198 Å². The summed E-state index contributed by atoms with van der Waals surface area (Å²) in [5.74, 6) is -0.198. The summed E-state index contributed by atoms with van der Waals surface area (Å²) in [6, 6.07) is 12.8. The van der Waals surface area contributed by atoms with Gasteiger partial charge in [0.15, 0.2) is 0 Å². The molecule has 1 aliphatic heterocycles. The Balaban J connectivity index is 1.25. The molecular weight excluding hydrogens is 462 g/mol. The van der Waals surface area contributed by atoms with Gasteiger partial charge in [-0.05, 0) is 42.0 Å². The van der Waals surface area contributed by atoms with Gasteiger partial charge >= 0.3 is 0 Å². The zero-order chi connectivity index (χ0) is 22.8. The number of halogens is 2. The molecular formula is C24H20F2N4OS2. The molecule has 0 N–H and O–H groups in total. The van der Waals surface area contributed by atoms with Crippen LogP contribution in [0.5, 0.6) is 0 Å². The maximum absolute atomic E-state index is 13.4. The van der Waals surface area contributed by atoms with Crippen molar-refractivity contribution < 1.29 is 13.6 Å². The maximum Gasteiger partial charge on any atom is 0.233 e. The lowest BCUT2D eigenvalue weighted by molar-refractivity contribution is -0.128. The van der Waals surface area contributed by atoms with Crippen molar-refractivity contribution in [1.29, 1.82) is 0 Å². The Morgan fingerprint density at radius 2 is 1.61 bits per heavy atom. The number of aromatic nitrogens is 2. The number of hydrogen-bond acceptors (Lipinski definition) is 6. The van der Waals surface area contributed by atoms with Gasteiger partial charge in [-0.25, -0.2) is 18.7 Å². The van der Waals surface area contributed by atoms with E-state index in [0.29, 0.717) is 26.2 Å². The van der Waals surface area contributed by atoms with Crippen LogP contribution in [0.3, 0.4) is 0 Å². The molecule has 1 aliphatic rings. The first-order valence-electron chi connectivity index (χ1n) is 10.5. The molecule has 0 spiro atoms. The predicted molar refractivity (Wildman–Crippen MR) is 129 cm³/mol. The first kappa shape index (κ1) is 21.8. The molecule has 2 aromatic heterocycles. The van der Waals surface area contributed by atoms with E-state index in [2.05, 4.69) is 14.9 Å². The molecule has 5 nitrogen and oxygen atoms in total. The van der Waals surface area contributed by atoms with Crippen molar-refractivity contribution in [1.82, 2.24) is 14.9 Å². The lowest BCUT2D eigenvalue weighted by atomic mass is 10.1. The minimum atomic E-state index is -0.283. The van der Waals surface area contributed by atoms with Crippen molar-refractivity contribution in [2.45, 2.75) is 5.03 Å². The Hall–Kier alpha value is -3.04. The van der Waals surface area contributed by atoms with Gasteiger partial charge < -0.3 is 9.80 Å². The fraction of sp³-hybridized carbons (Fsp3) is 0.208. The second-order valence-corrected chi connectivity index (χ2v) is 9.47. The number of thiophene rings is 1. The molecule has 0 unspecified atom stereocenters. The van der Waals surface area contributed by atoms with Crippen LogP contribution in [0.2, 0.25) is 0 Å². The number of carbonyl (C=O) groups is 1. The van der Waals surface area contributed by atoms with Gasteiger partial charge in [0.2, 0.25) is 5.91 Å². The number of carbonyl (C=O) groups excluding carboxylic acids is 1. The second kappa shape index (κ2) is 9.44. The number of thioether (sulfide) groups is 1. The first-order valence-corrected chi connectivity index (χ1v) is 12.3. The zero-order valence-corrected chi connectivity index (χ0v) is 19.2. The third-order valence-corrected chi connectivity index (χ3v) is 7.51. The number of anilines is 1. The van der Waals surface area contributed by atoms with E-state index in [1.54, 1.807) is 24.3 Å². The fourth-order valence-electron chi connectivity index (χ4n) is 3.89. The van der Waals surface area contributed by atoms with Gasteiger partial charge in [-0.1, -0.05) is 23.9 Å². The summed E-state index contributed by atoms with van der Waals surface area (Å²) < 4.78 is 26.5. The van der Waals surface area contributed by atoms with Crippen LogP contribution in [-0.2, 0) is 4.79 Å². The SMILES string of the molecule is O=C(CSc1ncnc2scc(-c3ccc(F)cc3)c12)N1CCN(c2ccc(F)cc2)CC1. The van der Waals surface area contributed by atoms with E-state index in [-0.39, 0.29) is 23.3 Å². The standard InChI is InChI=1S/C24H20F2N4OS2/c25-17-3-1-16(2-4-17)20-13-32-23-22(20)24(28-15-27-23)33-14-21(31)30-11-9-29(10-12-30)19-7-5-18(26)6-8-19/h1-8,13,15H,9-12,14H2. The van der Waals surface area contributed by atoms with Gasteiger partial charge in [0, 0.05) is 42.8 Å². The summed E-state index contributed by atoms with van der Waals surface area (Å²) in [7, 11) is 0. The van der Waals surface area contributed by atoms with Gasteiger partial charge in [-0.2, -0.15) is 0 Å². The van der Waals surface area contributed by atoms with Gasteiger partial charge in [-0.3, -0.25) is 4.79 Å². The summed E-state index contributed by atoms with van der Waals surface area (Å²) in [4.78, 5) is 26.5. The van der Waals surface area contributed by atoms with Crippen LogP contribution in [-0.4, -0.2) is 52.7 Å². The van der Waals surface area contributed by atoms with Gasteiger partial charge in [0.25, 0.3) is 0 Å². The van der Waals surface area contributed by atoms with Crippen molar-refractivity contribution in [2.24, 2.45) is 0 Å². The van der Waals surface area contributed by atoms with Crippen molar-refractivity contribution in [3.05, 3.63) is 71.9 Å². The highest BCUT2D eigenvalue weighted by Crippen LogP contribution is 2.38. The highest BCUT2D eigenvalue weighted by Gasteiger charge is 2.22. The second-order valence-electron chi connectivity index (χ2n) is 7.65. The minimum Gasteiger partial charge on any atom is -0.368 e. The Morgan fingerprint density at radius 1 is 0.939 bits per heavy atom. The quantitative estimate of drug-likeness (QED) is 0.293. The Kier molecular flexibility index (Phi) is 6.24. The summed E-state index contributed by atoms with van der Waals surface area (Å²) >= 11 is 2.91. The number of amides is 1. The number of piperazine rings is 1. The molecule has 0 atom stereocenters. The molecule has 9 heteroatoms. The topological polar surface area (TPSA) is 49.3 Å². The van der Waals surface area contributed by atoms with Crippen molar-refractivity contribution >= 4 is 44.9 Å². The zero-order valence-electron chi connectivity index (χ0n) is 17.6. The van der Waals surface area contributed by atoms with E-state index in [9.17, 15) is 13.6 Å². The van der Waals surface area contributed by atoms with Crippen molar-refractivity contribution in [2.75, 3.05) is 36.8 Å². The fourth-order valence-corrected chi connectivity index (χ4v) is 5.78. The normalized spacial score (nSPS) is 14.1. The Morgan fingerprint density at radius 3 is 2.30 bits per heavy atom. The number of benzene rings is 2. The van der Waals surface area contributed by atoms with E-state index < -0.39 is 0 Å². The monoisotopic (exact) mass is 482 g/mol. The van der Waals surface area contributed by atoms with E-state index in [0.717, 1.165) is 32.1 Å². The molecule has 2 aromatic carbocycles. The molecule has 1 fully saturated rings. The van der Waals surface area contributed by atoms with E-state index in [4.69, 9.17) is 0 Å². The number of nitrogens with zero attached hydrogens (tertiary/aromatic N) is 4. The smallest absolute Gasteiger partial charge is 0.233 e. The molecule has 0 aliphatic carbocycles. The van der Waals surface area contributed by atoms with Crippen LogP contribution in [0.15, 0.2) is 65.3 Å². The van der Waals surface area contributed by atoms with Gasteiger partial charge in [0.05, 0.1) is 11.1 Å². The van der Waals surface area contributed by atoms with Crippen LogP contribution in [0.25, 0.3) is 21.3 Å². The van der Waals surface area contributed by atoms with E-state index in [1.165, 1.54) is 53.7 Å². The molecule has 168 valence electrons.